The predicted octanol–water partition coefficient (Wildman–Crippen LogP) is 1.83. The molecule has 0 amide bonds. The highest BCUT2D eigenvalue weighted by Crippen LogP contribution is 2.27. The molecule has 3 nitrogen and oxygen atoms in total. The monoisotopic (exact) mass is 224 g/mol. The molecule has 1 aliphatic rings. The molecule has 1 aliphatic carbocycles. The van der Waals surface area contributed by atoms with Crippen LogP contribution in [-0.4, -0.2) is 27.4 Å². The summed E-state index contributed by atoms with van der Waals surface area (Å²) in [6, 6.07) is 0. The molecule has 15 heavy (non-hydrogen) atoms. The summed E-state index contributed by atoms with van der Waals surface area (Å²) in [4.78, 5) is 8.67. The van der Waals surface area contributed by atoms with Gasteiger partial charge in [-0.3, -0.25) is 0 Å². The van der Waals surface area contributed by atoms with E-state index in [9.17, 15) is 0 Å². The van der Waals surface area contributed by atoms with Crippen LogP contribution in [0.4, 0.5) is 0 Å². The van der Waals surface area contributed by atoms with Crippen molar-refractivity contribution in [2.45, 2.75) is 37.1 Å². The number of nitrogens with zero attached hydrogens (tertiary/aromatic N) is 2. The van der Waals surface area contributed by atoms with Crippen molar-refractivity contribution >= 4 is 11.8 Å². The quantitative estimate of drug-likeness (QED) is 0.481. The normalized spacial score (nSPS) is 15.0. The van der Waals surface area contributed by atoms with E-state index in [0.29, 0.717) is 0 Å². The summed E-state index contributed by atoms with van der Waals surface area (Å²) in [6.07, 6.45) is 7.25. The molecule has 1 N–H and O–H groups in total. The molecule has 0 aromatic carbocycles. The highest BCUT2D eigenvalue weighted by atomic mass is 32.2. The number of aryl methyl sites for hydroxylation is 1. The number of hydrogen-bond donors (Lipinski definition) is 1. The van der Waals surface area contributed by atoms with E-state index < -0.39 is 0 Å². The average Bonchev–Trinajstić information content (AvgIpc) is 2.30. The minimum Gasteiger partial charge on any atom is -0.396 e. The summed E-state index contributed by atoms with van der Waals surface area (Å²) in [5, 5.41) is 9.87. The van der Waals surface area contributed by atoms with Gasteiger partial charge in [-0.25, -0.2) is 9.97 Å². The number of rotatable bonds is 4. The average molecular weight is 224 g/mol. The van der Waals surface area contributed by atoms with Crippen LogP contribution in [0, 0.1) is 0 Å². The molecule has 0 aliphatic heterocycles. The van der Waals surface area contributed by atoms with Crippen LogP contribution in [0.2, 0.25) is 0 Å². The Morgan fingerprint density at radius 2 is 2.13 bits per heavy atom. The number of fused-ring (bicyclic) bond motifs is 1. The number of thioether (sulfide) groups is 1. The van der Waals surface area contributed by atoms with Crippen LogP contribution in [0.1, 0.15) is 30.5 Å². The van der Waals surface area contributed by atoms with Crippen LogP contribution in [0.25, 0.3) is 0 Å². The minimum atomic E-state index is 0.264. The van der Waals surface area contributed by atoms with Gasteiger partial charge in [0.2, 0.25) is 0 Å². The molecule has 1 heterocycles. The number of hydrogen-bond acceptors (Lipinski definition) is 4. The van der Waals surface area contributed by atoms with Crippen molar-refractivity contribution in [1.82, 2.24) is 9.97 Å². The largest absolute Gasteiger partial charge is 0.396 e. The molecule has 0 atom stereocenters. The lowest BCUT2D eigenvalue weighted by molar-refractivity contribution is 0.296. The van der Waals surface area contributed by atoms with Crippen molar-refractivity contribution in [2.75, 3.05) is 12.4 Å². The Bertz CT molecular complexity index is 330. The second-order valence-electron chi connectivity index (χ2n) is 3.74. The standard InChI is InChI=1S/C11H16N2OS/c14-6-3-7-15-11-9-4-1-2-5-10(9)12-8-13-11/h8,14H,1-7H2. The molecular formula is C11H16N2OS. The third-order valence-electron chi connectivity index (χ3n) is 2.63. The van der Waals surface area contributed by atoms with Gasteiger partial charge in [0.15, 0.2) is 0 Å². The molecule has 1 aromatic rings. The lowest BCUT2D eigenvalue weighted by Crippen LogP contribution is -2.08. The van der Waals surface area contributed by atoms with E-state index >= 15 is 0 Å². The Morgan fingerprint density at radius 1 is 1.27 bits per heavy atom. The number of aliphatic hydroxyl groups excluding tert-OH is 1. The van der Waals surface area contributed by atoms with E-state index in [-0.39, 0.29) is 6.61 Å². The van der Waals surface area contributed by atoms with Gasteiger partial charge in [0.05, 0.1) is 0 Å². The Balaban J connectivity index is 2.09. The summed E-state index contributed by atoms with van der Waals surface area (Å²) in [7, 11) is 0. The molecule has 0 fully saturated rings. The van der Waals surface area contributed by atoms with Crippen LogP contribution < -0.4 is 0 Å². The summed E-state index contributed by atoms with van der Waals surface area (Å²) in [6.45, 7) is 0.264. The van der Waals surface area contributed by atoms with E-state index in [2.05, 4.69) is 9.97 Å². The van der Waals surface area contributed by atoms with E-state index in [0.717, 1.165) is 30.0 Å². The molecule has 0 bridgehead atoms. The molecule has 0 spiro atoms. The van der Waals surface area contributed by atoms with E-state index in [1.807, 2.05) is 0 Å². The Kier molecular flexibility index (Phi) is 3.97. The van der Waals surface area contributed by atoms with Gasteiger partial charge in [0.25, 0.3) is 0 Å². The first-order valence-electron chi connectivity index (χ1n) is 5.48. The molecular weight excluding hydrogens is 208 g/mol. The summed E-state index contributed by atoms with van der Waals surface area (Å²) in [5.41, 5.74) is 2.59. The lowest BCUT2D eigenvalue weighted by atomic mass is 9.98. The highest BCUT2D eigenvalue weighted by molar-refractivity contribution is 7.99. The maximum Gasteiger partial charge on any atom is 0.116 e. The maximum atomic E-state index is 8.74. The Morgan fingerprint density at radius 3 is 3.00 bits per heavy atom. The summed E-state index contributed by atoms with van der Waals surface area (Å²) in [5.74, 6) is 0.944. The first-order valence-corrected chi connectivity index (χ1v) is 6.47. The lowest BCUT2D eigenvalue weighted by Gasteiger charge is -2.16. The molecule has 2 rings (SSSR count). The summed E-state index contributed by atoms with van der Waals surface area (Å²) >= 11 is 1.75. The molecule has 0 unspecified atom stereocenters. The number of aromatic nitrogens is 2. The predicted molar refractivity (Wildman–Crippen MR) is 61.1 cm³/mol. The maximum absolute atomic E-state index is 8.74. The van der Waals surface area contributed by atoms with Gasteiger partial charge in [0, 0.05) is 23.6 Å². The second kappa shape index (κ2) is 5.47. The van der Waals surface area contributed by atoms with Gasteiger partial charge < -0.3 is 5.11 Å². The Hall–Kier alpha value is -0.610. The smallest absolute Gasteiger partial charge is 0.116 e. The van der Waals surface area contributed by atoms with Crippen LogP contribution in [0.3, 0.4) is 0 Å². The zero-order valence-corrected chi connectivity index (χ0v) is 9.59. The zero-order chi connectivity index (χ0) is 10.5. The van der Waals surface area contributed by atoms with Crippen LogP contribution in [-0.2, 0) is 12.8 Å². The van der Waals surface area contributed by atoms with Crippen molar-refractivity contribution in [3.63, 3.8) is 0 Å². The van der Waals surface area contributed by atoms with Crippen molar-refractivity contribution in [3.8, 4) is 0 Å². The van der Waals surface area contributed by atoms with Crippen molar-refractivity contribution in [2.24, 2.45) is 0 Å². The molecule has 4 heteroatoms. The van der Waals surface area contributed by atoms with Gasteiger partial charge in [-0.2, -0.15) is 0 Å². The van der Waals surface area contributed by atoms with Crippen molar-refractivity contribution < 1.29 is 5.11 Å². The Labute approximate surface area is 94.3 Å². The summed E-state index contributed by atoms with van der Waals surface area (Å²) < 4.78 is 0. The SMILES string of the molecule is OCCCSc1ncnc2c1CCCC2. The van der Waals surface area contributed by atoms with Crippen LogP contribution >= 0.6 is 11.8 Å². The second-order valence-corrected chi connectivity index (χ2v) is 4.82. The van der Waals surface area contributed by atoms with Crippen LogP contribution in [0.5, 0.6) is 0 Å². The third-order valence-corrected chi connectivity index (χ3v) is 3.74. The van der Waals surface area contributed by atoms with Crippen LogP contribution in [0.15, 0.2) is 11.4 Å². The van der Waals surface area contributed by atoms with Gasteiger partial charge in [-0.1, -0.05) is 0 Å². The van der Waals surface area contributed by atoms with E-state index in [4.69, 9.17) is 5.11 Å². The number of aliphatic hydroxyl groups is 1. The van der Waals surface area contributed by atoms with Gasteiger partial charge in [-0.15, -0.1) is 11.8 Å². The molecule has 0 saturated heterocycles. The topological polar surface area (TPSA) is 46.0 Å². The highest BCUT2D eigenvalue weighted by Gasteiger charge is 2.15. The fourth-order valence-electron chi connectivity index (χ4n) is 1.85. The van der Waals surface area contributed by atoms with Gasteiger partial charge in [-0.05, 0) is 32.1 Å². The third kappa shape index (κ3) is 2.69. The van der Waals surface area contributed by atoms with Crippen molar-refractivity contribution in [3.05, 3.63) is 17.6 Å². The van der Waals surface area contributed by atoms with Gasteiger partial charge >= 0.3 is 0 Å². The fraction of sp³-hybridized carbons (Fsp3) is 0.636. The zero-order valence-electron chi connectivity index (χ0n) is 8.78. The van der Waals surface area contributed by atoms with Gasteiger partial charge in [0.1, 0.15) is 11.4 Å². The molecule has 1 aromatic heterocycles. The fourth-order valence-corrected chi connectivity index (χ4v) is 2.83. The molecule has 0 saturated carbocycles. The molecule has 0 radical (unpaired) electrons. The minimum absolute atomic E-state index is 0.264. The van der Waals surface area contributed by atoms with E-state index in [1.165, 1.54) is 24.1 Å². The first-order chi connectivity index (χ1) is 7.42. The van der Waals surface area contributed by atoms with E-state index in [1.54, 1.807) is 18.1 Å². The van der Waals surface area contributed by atoms with Crippen molar-refractivity contribution in [1.29, 1.82) is 0 Å². The molecule has 82 valence electrons. The first kappa shape index (κ1) is 10.9.